The third kappa shape index (κ3) is 2.88. The summed E-state index contributed by atoms with van der Waals surface area (Å²) >= 11 is 1.60. The van der Waals surface area contributed by atoms with Crippen LogP contribution >= 0.6 is 11.3 Å². The van der Waals surface area contributed by atoms with Gasteiger partial charge in [-0.25, -0.2) is 9.97 Å². The molecule has 0 radical (unpaired) electrons. The monoisotopic (exact) mass is 305 g/mol. The van der Waals surface area contributed by atoms with Crippen molar-refractivity contribution in [3.8, 4) is 12.1 Å². The van der Waals surface area contributed by atoms with Gasteiger partial charge in [0.2, 0.25) is 0 Å². The van der Waals surface area contributed by atoms with Crippen molar-refractivity contribution in [3.05, 3.63) is 69.7 Å². The number of thiazole rings is 1. The maximum absolute atomic E-state index is 9.12. The van der Waals surface area contributed by atoms with E-state index in [0.717, 1.165) is 17.1 Å². The first-order valence-electron chi connectivity index (χ1n) is 6.62. The maximum Gasteiger partial charge on any atom is 0.176 e. The average Bonchev–Trinajstić information content (AvgIpc) is 3.15. The predicted molar refractivity (Wildman–Crippen MR) is 82.1 cm³/mol. The van der Waals surface area contributed by atoms with Crippen LogP contribution in [0.1, 0.15) is 27.7 Å². The number of rotatable bonds is 4. The fraction of sp³-hybridized carbons (Fsp3) is 0.125. The van der Waals surface area contributed by atoms with Crippen LogP contribution in [0.4, 0.5) is 0 Å². The second kappa shape index (κ2) is 6.21. The fourth-order valence-corrected chi connectivity index (χ4v) is 2.97. The number of aromatic nitrogens is 3. The van der Waals surface area contributed by atoms with Crippen LogP contribution in [0.2, 0.25) is 0 Å². The highest BCUT2D eigenvalue weighted by molar-refractivity contribution is 7.09. The van der Waals surface area contributed by atoms with Crippen LogP contribution in [0.25, 0.3) is 0 Å². The molecule has 2 aromatic heterocycles. The Hall–Kier alpha value is -2.96. The summed E-state index contributed by atoms with van der Waals surface area (Å²) in [5, 5.41) is 21.0. The lowest BCUT2D eigenvalue weighted by Crippen LogP contribution is -2.02. The number of hydrogen-bond donors (Lipinski definition) is 0. The quantitative estimate of drug-likeness (QED) is 0.742. The molecule has 0 aliphatic carbocycles. The lowest BCUT2D eigenvalue weighted by atomic mass is 10.2. The van der Waals surface area contributed by atoms with E-state index in [1.54, 1.807) is 15.9 Å². The number of benzene rings is 1. The Labute approximate surface area is 131 Å². The van der Waals surface area contributed by atoms with Crippen molar-refractivity contribution in [2.75, 3.05) is 0 Å². The molecule has 106 valence electrons. The minimum Gasteiger partial charge on any atom is -0.315 e. The number of imidazole rings is 1. The van der Waals surface area contributed by atoms with E-state index in [1.807, 2.05) is 35.7 Å². The summed E-state index contributed by atoms with van der Waals surface area (Å²) in [4.78, 5) is 8.52. The molecular weight excluding hydrogens is 294 g/mol. The summed E-state index contributed by atoms with van der Waals surface area (Å²) < 4.78 is 1.65. The first-order valence-corrected chi connectivity index (χ1v) is 7.50. The minimum absolute atomic E-state index is 0.155. The van der Waals surface area contributed by atoms with Crippen molar-refractivity contribution in [2.24, 2.45) is 0 Å². The van der Waals surface area contributed by atoms with Crippen LogP contribution < -0.4 is 0 Å². The first-order chi connectivity index (χ1) is 10.8. The van der Waals surface area contributed by atoms with E-state index in [-0.39, 0.29) is 11.4 Å². The normalized spacial score (nSPS) is 10.1. The highest BCUT2D eigenvalue weighted by atomic mass is 32.1. The zero-order valence-electron chi connectivity index (χ0n) is 11.6. The van der Waals surface area contributed by atoms with Crippen LogP contribution in [-0.2, 0) is 13.0 Å². The van der Waals surface area contributed by atoms with Gasteiger partial charge in [0, 0.05) is 11.8 Å². The Balaban J connectivity index is 1.77. The van der Waals surface area contributed by atoms with Gasteiger partial charge in [-0.05, 0) is 5.56 Å². The molecule has 0 saturated carbocycles. The Morgan fingerprint density at radius 2 is 1.95 bits per heavy atom. The molecule has 0 amide bonds. The third-order valence-corrected chi connectivity index (χ3v) is 4.08. The number of nitriles is 2. The lowest BCUT2D eigenvalue weighted by molar-refractivity contribution is 0.764. The van der Waals surface area contributed by atoms with Crippen molar-refractivity contribution < 1.29 is 0 Å². The van der Waals surface area contributed by atoms with Gasteiger partial charge in [-0.15, -0.1) is 11.3 Å². The molecule has 3 rings (SSSR count). The van der Waals surface area contributed by atoms with Crippen molar-refractivity contribution in [3.63, 3.8) is 0 Å². The zero-order valence-corrected chi connectivity index (χ0v) is 12.4. The van der Waals surface area contributed by atoms with Gasteiger partial charge in [-0.2, -0.15) is 10.5 Å². The Kier molecular flexibility index (Phi) is 3.95. The molecule has 3 aromatic rings. The zero-order chi connectivity index (χ0) is 15.4. The summed E-state index contributed by atoms with van der Waals surface area (Å²) in [6.45, 7) is 0.447. The van der Waals surface area contributed by atoms with Crippen molar-refractivity contribution in [1.82, 2.24) is 14.5 Å². The maximum atomic E-state index is 9.12. The number of nitrogens with zero attached hydrogens (tertiary/aromatic N) is 5. The molecule has 0 atom stereocenters. The van der Waals surface area contributed by atoms with Gasteiger partial charge >= 0.3 is 0 Å². The second-order valence-electron chi connectivity index (χ2n) is 4.69. The van der Waals surface area contributed by atoms with E-state index in [2.05, 4.69) is 22.1 Å². The molecule has 0 N–H and O–H groups in total. The van der Waals surface area contributed by atoms with Gasteiger partial charge in [0.15, 0.2) is 11.4 Å². The van der Waals surface area contributed by atoms with Gasteiger partial charge in [-0.3, -0.25) is 0 Å². The Bertz CT molecular complexity index is 864. The van der Waals surface area contributed by atoms with Crippen molar-refractivity contribution >= 4 is 11.3 Å². The van der Waals surface area contributed by atoms with Crippen LogP contribution in [-0.4, -0.2) is 14.5 Å². The second-order valence-corrected chi connectivity index (χ2v) is 5.63. The summed E-state index contributed by atoms with van der Waals surface area (Å²) in [6.07, 6.45) is 2.30. The summed E-state index contributed by atoms with van der Waals surface area (Å²) in [5.41, 5.74) is 2.52. The highest BCUT2D eigenvalue weighted by Crippen LogP contribution is 2.16. The molecule has 0 saturated heterocycles. The van der Waals surface area contributed by atoms with E-state index in [4.69, 9.17) is 10.5 Å². The summed E-state index contributed by atoms with van der Waals surface area (Å²) in [5.74, 6) is 0. The molecule has 5 nitrogen and oxygen atoms in total. The standard InChI is InChI=1S/C16H11N5S/c17-7-14-15(8-18)21(11-19-14)9-13-10-22-16(20-13)6-12-4-2-1-3-5-12/h1-5,10-11H,6,9H2. The minimum atomic E-state index is 0.155. The fourth-order valence-electron chi connectivity index (χ4n) is 2.15. The molecule has 0 fully saturated rings. The molecular formula is C16H11N5S. The highest BCUT2D eigenvalue weighted by Gasteiger charge is 2.11. The molecule has 1 aromatic carbocycles. The lowest BCUT2D eigenvalue weighted by Gasteiger charge is -2.00. The van der Waals surface area contributed by atoms with Gasteiger partial charge in [0.25, 0.3) is 0 Å². The van der Waals surface area contributed by atoms with Gasteiger partial charge in [-0.1, -0.05) is 30.3 Å². The Morgan fingerprint density at radius 3 is 2.68 bits per heavy atom. The molecule has 22 heavy (non-hydrogen) atoms. The molecule has 0 aliphatic rings. The smallest absolute Gasteiger partial charge is 0.176 e. The molecule has 0 spiro atoms. The molecule has 6 heteroatoms. The predicted octanol–water partition coefficient (Wildman–Crippen LogP) is 2.72. The van der Waals surface area contributed by atoms with E-state index >= 15 is 0 Å². The van der Waals surface area contributed by atoms with Crippen LogP contribution in [0.15, 0.2) is 42.0 Å². The SMILES string of the molecule is N#Cc1ncn(Cc2csc(Cc3ccccc3)n2)c1C#N. The van der Waals surface area contributed by atoms with Crippen molar-refractivity contribution in [1.29, 1.82) is 10.5 Å². The summed E-state index contributed by atoms with van der Waals surface area (Å²) in [7, 11) is 0. The van der Waals surface area contributed by atoms with Crippen molar-refractivity contribution in [2.45, 2.75) is 13.0 Å². The molecule has 0 unspecified atom stereocenters. The third-order valence-electron chi connectivity index (χ3n) is 3.18. The largest absolute Gasteiger partial charge is 0.315 e. The molecule has 2 heterocycles. The van der Waals surface area contributed by atoms with Crippen LogP contribution in [0.5, 0.6) is 0 Å². The summed E-state index contributed by atoms with van der Waals surface area (Å²) in [6, 6.07) is 14.1. The molecule has 0 aliphatic heterocycles. The van der Waals surface area contributed by atoms with E-state index in [1.165, 1.54) is 11.9 Å². The first kappa shape index (κ1) is 14.0. The van der Waals surface area contributed by atoms with E-state index in [0.29, 0.717) is 6.54 Å². The van der Waals surface area contributed by atoms with Crippen LogP contribution in [0, 0.1) is 22.7 Å². The molecule has 0 bridgehead atoms. The van der Waals surface area contributed by atoms with Gasteiger partial charge < -0.3 is 4.57 Å². The Morgan fingerprint density at radius 1 is 1.14 bits per heavy atom. The van der Waals surface area contributed by atoms with E-state index < -0.39 is 0 Å². The topological polar surface area (TPSA) is 78.3 Å². The van der Waals surface area contributed by atoms with Gasteiger partial charge in [0.05, 0.1) is 23.6 Å². The number of hydrogen-bond acceptors (Lipinski definition) is 5. The average molecular weight is 305 g/mol. The van der Waals surface area contributed by atoms with E-state index in [9.17, 15) is 0 Å². The van der Waals surface area contributed by atoms with Gasteiger partial charge in [0.1, 0.15) is 12.1 Å². The van der Waals surface area contributed by atoms with Crippen LogP contribution in [0.3, 0.4) is 0 Å².